The predicted molar refractivity (Wildman–Crippen MR) is 121 cm³/mol. The fourth-order valence-electron chi connectivity index (χ4n) is 4.53. The Hall–Kier alpha value is -2.93. The van der Waals surface area contributed by atoms with Gasteiger partial charge in [0.1, 0.15) is 5.75 Å². The van der Waals surface area contributed by atoms with Gasteiger partial charge >= 0.3 is 0 Å². The molecule has 0 saturated carbocycles. The maximum Gasteiger partial charge on any atom is 0.257 e. The maximum atomic E-state index is 13.0. The van der Waals surface area contributed by atoms with Crippen molar-refractivity contribution in [1.29, 1.82) is 0 Å². The minimum Gasteiger partial charge on any atom is -0.496 e. The van der Waals surface area contributed by atoms with Crippen molar-refractivity contribution in [1.82, 2.24) is 15.2 Å². The molecule has 4 rings (SSSR count). The molecule has 0 radical (unpaired) electrons. The van der Waals surface area contributed by atoms with Crippen molar-refractivity contribution in [3.05, 3.63) is 58.9 Å². The van der Waals surface area contributed by atoms with Gasteiger partial charge in [0.25, 0.3) is 11.8 Å². The first-order valence-electron chi connectivity index (χ1n) is 11.4. The minimum absolute atomic E-state index is 0.0207. The molecule has 3 heterocycles. The molecular weight excluding hydrogens is 406 g/mol. The first kappa shape index (κ1) is 22.3. The zero-order chi connectivity index (χ0) is 22.5. The van der Waals surface area contributed by atoms with Crippen LogP contribution in [0.1, 0.15) is 63.7 Å². The van der Waals surface area contributed by atoms with E-state index in [9.17, 15) is 9.59 Å². The summed E-state index contributed by atoms with van der Waals surface area (Å²) in [5.41, 5.74) is 2.93. The van der Waals surface area contributed by atoms with Crippen LogP contribution in [-0.4, -0.2) is 61.2 Å². The van der Waals surface area contributed by atoms with Crippen LogP contribution in [0, 0.1) is 6.92 Å². The van der Waals surface area contributed by atoms with E-state index >= 15 is 0 Å². The lowest BCUT2D eigenvalue weighted by Gasteiger charge is -2.32. The molecule has 32 heavy (non-hydrogen) atoms. The molecule has 2 aliphatic heterocycles. The number of likely N-dealkylation sites (tertiary alicyclic amines) is 1. The lowest BCUT2D eigenvalue weighted by Crippen LogP contribution is -2.39. The van der Waals surface area contributed by atoms with Crippen LogP contribution in [0.25, 0.3) is 0 Å². The molecule has 170 valence electrons. The quantitative estimate of drug-likeness (QED) is 0.750. The molecule has 0 bridgehead atoms. The minimum atomic E-state index is -0.101. The number of nitrogens with zero attached hydrogens (tertiary/aromatic N) is 2. The van der Waals surface area contributed by atoms with E-state index in [4.69, 9.17) is 14.5 Å². The van der Waals surface area contributed by atoms with Gasteiger partial charge in [0.05, 0.1) is 30.0 Å². The molecule has 1 unspecified atom stereocenters. The summed E-state index contributed by atoms with van der Waals surface area (Å²) in [6, 6.07) is 11.1. The third-order valence-electron chi connectivity index (χ3n) is 6.33. The van der Waals surface area contributed by atoms with E-state index in [1.807, 2.05) is 36.1 Å². The van der Waals surface area contributed by atoms with Crippen LogP contribution < -0.4 is 10.1 Å². The van der Waals surface area contributed by atoms with Gasteiger partial charge in [0.15, 0.2) is 0 Å². The highest BCUT2D eigenvalue weighted by atomic mass is 16.5. The second kappa shape index (κ2) is 10.1. The van der Waals surface area contributed by atoms with E-state index in [0.29, 0.717) is 36.5 Å². The van der Waals surface area contributed by atoms with Gasteiger partial charge in [-0.25, -0.2) is 0 Å². The Morgan fingerprint density at radius 3 is 2.62 bits per heavy atom. The van der Waals surface area contributed by atoms with E-state index in [1.54, 1.807) is 19.2 Å². The summed E-state index contributed by atoms with van der Waals surface area (Å²) in [6.07, 6.45) is 3.67. The molecule has 0 spiro atoms. The van der Waals surface area contributed by atoms with Crippen LogP contribution in [0.15, 0.2) is 36.4 Å². The van der Waals surface area contributed by atoms with Crippen LogP contribution >= 0.6 is 0 Å². The fraction of sp³-hybridized carbons (Fsp3) is 0.480. The monoisotopic (exact) mass is 437 g/mol. The molecule has 2 amide bonds. The van der Waals surface area contributed by atoms with E-state index in [0.717, 1.165) is 43.7 Å². The molecule has 2 aromatic rings. The molecule has 1 atom stereocenters. The van der Waals surface area contributed by atoms with Gasteiger partial charge in [-0.2, -0.15) is 0 Å². The maximum absolute atomic E-state index is 13.0. The van der Waals surface area contributed by atoms with Crippen molar-refractivity contribution in [3.63, 3.8) is 0 Å². The van der Waals surface area contributed by atoms with Gasteiger partial charge in [-0.1, -0.05) is 12.1 Å². The van der Waals surface area contributed by atoms with Crippen LogP contribution in [-0.2, 0) is 4.74 Å². The smallest absolute Gasteiger partial charge is 0.257 e. The van der Waals surface area contributed by atoms with Gasteiger partial charge in [-0.05, 0) is 56.9 Å². The summed E-state index contributed by atoms with van der Waals surface area (Å²) >= 11 is 0. The van der Waals surface area contributed by atoms with Crippen molar-refractivity contribution in [2.24, 2.45) is 0 Å². The average molecular weight is 438 g/mol. The molecule has 1 N–H and O–H groups in total. The number of hydrogen-bond donors (Lipinski definition) is 1. The first-order valence-corrected chi connectivity index (χ1v) is 11.4. The van der Waals surface area contributed by atoms with Crippen molar-refractivity contribution in [2.75, 3.05) is 33.4 Å². The highest BCUT2D eigenvalue weighted by molar-refractivity contribution is 5.97. The van der Waals surface area contributed by atoms with E-state index in [-0.39, 0.29) is 23.8 Å². The topological polar surface area (TPSA) is 80.8 Å². The first-order chi connectivity index (χ1) is 15.6. The molecule has 7 nitrogen and oxygen atoms in total. The molecule has 2 aliphatic rings. The fourth-order valence-corrected chi connectivity index (χ4v) is 4.53. The predicted octanol–water partition coefficient (Wildman–Crippen LogP) is 3.33. The largest absolute Gasteiger partial charge is 0.496 e. The Bertz CT molecular complexity index is 963. The van der Waals surface area contributed by atoms with E-state index in [2.05, 4.69) is 5.32 Å². The molecule has 1 aromatic heterocycles. The van der Waals surface area contributed by atoms with Crippen LogP contribution in [0.2, 0.25) is 0 Å². The molecule has 0 aliphatic carbocycles. The summed E-state index contributed by atoms with van der Waals surface area (Å²) in [5.74, 6) is 0.605. The normalized spacial score (nSPS) is 19.1. The summed E-state index contributed by atoms with van der Waals surface area (Å²) < 4.78 is 11.0. The lowest BCUT2D eigenvalue weighted by atomic mass is 9.89. The van der Waals surface area contributed by atoms with Crippen molar-refractivity contribution >= 4 is 11.8 Å². The number of hydrogen-bond acceptors (Lipinski definition) is 5. The van der Waals surface area contributed by atoms with Crippen LogP contribution in [0.5, 0.6) is 5.75 Å². The third kappa shape index (κ3) is 4.93. The summed E-state index contributed by atoms with van der Waals surface area (Å²) in [5, 5.41) is 3.02. The number of pyridine rings is 1. The Morgan fingerprint density at radius 2 is 1.91 bits per heavy atom. The summed E-state index contributed by atoms with van der Waals surface area (Å²) in [6.45, 7) is 4.47. The highest BCUT2D eigenvalue weighted by Crippen LogP contribution is 2.31. The Kier molecular flexibility index (Phi) is 7.05. The van der Waals surface area contributed by atoms with Crippen molar-refractivity contribution in [3.8, 4) is 5.75 Å². The summed E-state index contributed by atoms with van der Waals surface area (Å²) in [7, 11) is 1.58. The van der Waals surface area contributed by atoms with E-state index < -0.39 is 0 Å². The molecule has 1 aromatic carbocycles. The number of methoxy groups -OCH3 is 1. The van der Waals surface area contributed by atoms with Crippen LogP contribution in [0.4, 0.5) is 0 Å². The Labute approximate surface area is 189 Å². The third-order valence-corrected chi connectivity index (χ3v) is 6.33. The number of aromatic nitrogens is 1. The molecular formula is C25H31N3O4. The average Bonchev–Trinajstić information content (AvgIpc) is 3.36. The second-order valence-corrected chi connectivity index (χ2v) is 8.50. The van der Waals surface area contributed by atoms with Gasteiger partial charge in [-0.15, -0.1) is 0 Å². The number of piperidine rings is 1. The number of benzene rings is 1. The second-order valence-electron chi connectivity index (χ2n) is 8.50. The van der Waals surface area contributed by atoms with Crippen molar-refractivity contribution in [2.45, 2.75) is 44.6 Å². The Morgan fingerprint density at radius 1 is 1.12 bits per heavy atom. The number of amides is 2. The van der Waals surface area contributed by atoms with E-state index in [1.165, 1.54) is 0 Å². The number of rotatable bonds is 6. The molecule has 2 saturated heterocycles. The van der Waals surface area contributed by atoms with Gasteiger partial charge < -0.3 is 19.7 Å². The summed E-state index contributed by atoms with van der Waals surface area (Å²) in [4.78, 5) is 32.5. The lowest BCUT2D eigenvalue weighted by molar-refractivity contribution is 0.0706. The number of aryl methyl sites for hydroxylation is 1. The van der Waals surface area contributed by atoms with Gasteiger partial charge in [0.2, 0.25) is 0 Å². The number of nitrogens with one attached hydrogen (secondary N) is 1. The standard InChI is InChI=1S/C25H31N3O4/c1-17-9-10-21(24(29)26-16-19-6-5-15-32-19)23(27-17)18-11-13-28(14-12-18)25(30)20-7-3-4-8-22(20)31-2/h3-4,7-10,18-19H,5-6,11-16H2,1-2H3,(H,26,29). The highest BCUT2D eigenvalue weighted by Gasteiger charge is 2.29. The molecule has 7 heteroatoms. The molecule has 2 fully saturated rings. The zero-order valence-corrected chi connectivity index (χ0v) is 18.8. The number of carbonyl (C=O) groups is 2. The number of ether oxygens (including phenoxy) is 2. The van der Waals surface area contributed by atoms with Gasteiger partial charge in [0, 0.05) is 37.9 Å². The van der Waals surface area contributed by atoms with Crippen LogP contribution in [0.3, 0.4) is 0 Å². The number of carbonyl (C=O) groups excluding carboxylic acids is 2. The number of para-hydroxylation sites is 1. The SMILES string of the molecule is COc1ccccc1C(=O)N1CCC(c2nc(C)ccc2C(=O)NCC2CCCO2)CC1. The zero-order valence-electron chi connectivity index (χ0n) is 18.8. The Balaban J connectivity index is 1.43. The van der Waals surface area contributed by atoms with Gasteiger partial charge in [-0.3, -0.25) is 14.6 Å². The van der Waals surface area contributed by atoms with Crippen molar-refractivity contribution < 1.29 is 19.1 Å².